The number of piperidine rings is 1. The molecule has 0 amide bonds. The van der Waals surface area contributed by atoms with Gasteiger partial charge in [-0.25, -0.2) is 8.42 Å². The lowest BCUT2D eigenvalue weighted by Crippen LogP contribution is -2.39. The van der Waals surface area contributed by atoms with E-state index >= 15 is 0 Å². The molecule has 1 fully saturated rings. The second kappa shape index (κ2) is 7.89. The Bertz CT molecular complexity index is 875. The minimum absolute atomic E-state index is 0.180. The first-order valence-corrected chi connectivity index (χ1v) is 11.1. The number of hydrogen-bond acceptors (Lipinski definition) is 2. The van der Waals surface area contributed by atoms with Gasteiger partial charge in [-0.1, -0.05) is 45.8 Å². The highest BCUT2D eigenvalue weighted by molar-refractivity contribution is 9.10. The Morgan fingerprint density at radius 2 is 1.85 bits per heavy atom. The van der Waals surface area contributed by atoms with Gasteiger partial charge in [0.25, 0.3) is 0 Å². The fraction of sp³-hybridized carbons (Fsp3) is 0.444. The van der Waals surface area contributed by atoms with E-state index < -0.39 is 21.8 Å². The summed E-state index contributed by atoms with van der Waals surface area (Å²) in [5.41, 5.74) is -0.995. The van der Waals surface area contributed by atoms with Crippen molar-refractivity contribution in [2.75, 3.05) is 13.1 Å². The minimum Gasteiger partial charge on any atom is -0.207 e. The van der Waals surface area contributed by atoms with Crippen molar-refractivity contribution in [1.82, 2.24) is 4.31 Å². The molecule has 1 heterocycles. The molecule has 3 rings (SSSR count). The summed E-state index contributed by atoms with van der Waals surface area (Å²) in [6, 6.07) is 3.02. The summed E-state index contributed by atoms with van der Waals surface area (Å²) in [6.45, 7) is 0.556. The van der Waals surface area contributed by atoms with Crippen LogP contribution in [0, 0.1) is 11.8 Å². The minimum atomic E-state index is -4.63. The largest absolute Gasteiger partial charge is 0.417 e. The van der Waals surface area contributed by atoms with Crippen molar-refractivity contribution in [3.05, 3.63) is 51.5 Å². The lowest BCUT2D eigenvalue weighted by atomic mass is 9.83. The second-order valence-electron chi connectivity index (χ2n) is 6.70. The van der Waals surface area contributed by atoms with Gasteiger partial charge >= 0.3 is 6.18 Å². The third-order valence-corrected chi connectivity index (χ3v) is 7.83. The second-order valence-corrected chi connectivity index (χ2v) is 9.98. The predicted octanol–water partition coefficient (Wildman–Crippen LogP) is 5.57. The van der Waals surface area contributed by atoms with Gasteiger partial charge in [0.1, 0.15) is 0 Å². The number of nitrogens with zero attached hydrogens (tertiary/aromatic N) is 1. The maximum Gasteiger partial charge on any atom is 0.417 e. The third kappa shape index (κ3) is 4.60. The molecule has 1 aromatic rings. The topological polar surface area (TPSA) is 37.4 Å². The number of halogens is 5. The van der Waals surface area contributed by atoms with E-state index in [2.05, 4.69) is 22.0 Å². The standard InChI is InChI=1S/C18H18BrClF3NO2S/c19-17-5-4-15(11-16(17)18(21,22)23)27(25,26)24-8-6-12(7-9-24)13-2-1-3-14(20)10-13/h1-2,4-5,10-13H,3,6-9H2. The molecule has 1 aromatic carbocycles. The van der Waals surface area contributed by atoms with Crippen LogP contribution in [-0.4, -0.2) is 25.8 Å². The SMILES string of the molecule is O=S(=O)(c1ccc(Br)c(C(F)(F)F)c1)N1CCC(C2C=CCC(Cl)=C2)CC1. The van der Waals surface area contributed by atoms with E-state index in [4.69, 9.17) is 11.6 Å². The highest BCUT2D eigenvalue weighted by Gasteiger charge is 2.36. The van der Waals surface area contributed by atoms with Gasteiger partial charge in [-0.15, -0.1) is 0 Å². The fourth-order valence-corrected chi connectivity index (χ4v) is 5.70. The Morgan fingerprint density at radius 3 is 2.44 bits per heavy atom. The van der Waals surface area contributed by atoms with Crippen LogP contribution in [0.4, 0.5) is 13.2 Å². The molecule has 1 aliphatic carbocycles. The maximum absolute atomic E-state index is 13.1. The van der Waals surface area contributed by atoms with Crippen LogP contribution in [0.5, 0.6) is 0 Å². The van der Waals surface area contributed by atoms with Crippen LogP contribution in [0.15, 0.2) is 50.8 Å². The first-order valence-electron chi connectivity index (χ1n) is 8.49. The molecule has 9 heteroatoms. The molecule has 2 aliphatic rings. The summed E-state index contributed by atoms with van der Waals surface area (Å²) in [6.07, 6.45) is 3.46. The van der Waals surface area contributed by atoms with Gasteiger partial charge in [-0.3, -0.25) is 0 Å². The lowest BCUT2D eigenvalue weighted by molar-refractivity contribution is -0.138. The zero-order chi connectivity index (χ0) is 19.8. The molecule has 0 saturated carbocycles. The molecule has 27 heavy (non-hydrogen) atoms. The van der Waals surface area contributed by atoms with Crippen molar-refractivity contribution < 1.29 is 21.6 Å². The van der Waals surface area contributed by atoms with Crippen LogP contribution < -0.4 is 0 Å². The van der Waals surface area contributed by atoms with Crippen molar-refractivity contribution in [3.63, 3.8) is 0 Å². The first kappa shape index (κ1) is 20.9. The highest BCUT2D eigenvalue weighted by atomic mass is 79.9. The summed E-state index contributed by atoms with van der Waals surface area (Å²) < 4.78 is 66.0. The Hall–Kier alpha value is -0.830. The third-order valence-electron chi connectivity index (χ3n) is 4.97. The quantitative estimate of drug-likeness (QED) is 0.526. The van der Waals surface area contributed by atoms with Gasteiger partial charge < -0.3 is 0 Å². The molecule has 1 unspecified atom stereocenters. The van der Waals surface area contributed by atoms with E-state index in [1.807, 2.05) is 12.2 Å². The van der Waals surface area contributed by atoms with Crippen LogP contribution in [-0.2, 0) is 16.2 Å². The van der Waals surface area contributed by atoms with Gasteiger partial charge in [-0.2, -0.15) is 17.5 Å². The van der Waals surface area contributed by atoms with E-state index in [1.54, 1.807) is 0 Å². The van der Waals surface area contributed by atoms with Gasteiger partial charge in [-0.05, 0) is 42.9 Å². The number of benzene rings is 1. The zero-order valence-electron chi connectivity index (χ0n) is 14.2. The lowest BCUT2D eigenvalue weighted by Gasteiger charge is -2.34. The first-order chi connectivity index (χ1) is 12.6. The molecule has 1 aliphatic heterocycles. The molecule has 1 saturated heterocycles. The van der Waals surface area contributed by atoms with Crippen molar-refractivity contribution in [2.45, 2.75) is 30.3 Å². The van der Waals surface area contributed by atoms with Gasteiger partial charge in [0, 0.05) is 29.0 Å². The molecule has 0 bridgehead atoms. The molecule has 3 nitrogen and oxygen atoms in total. The van der Waals surface area contributed by atoms with Crippen LogP contribution in [0.25, 0.3) is 0 Å². The number of alkyl halides is 3. The Kier molecular flexibility index (Phi) is 6.11. The molecule has 148 valence electrons. The molecular weight excluding hydrogens is 467 g/mol. The van der Waals surface area contributed by atoms with Crippen LogP contribution in [0.3, 0.4) is 0 Å². The number of sulfonamides is 1. The van der Waals surface area contributed by atoms with Gasteiger partial charge in [0.2, 0.25) is 10.0 Å². The molecule has 0 radical (unpaired) electrons. The number of allylic oxidation sites excluding steroid dienone is 4. The predicted molar refractivity (Wildman–Crippen MR) is 102 cm³/mol. The Balaban J connectivity index is 1.76. The molecule has 0 spiro atoms. The molecule has 1 atom stereocenters. The smallest absolute Gasteiger partial charge is 0.207 e. The van der Waals surface area contributed by atoms with E-state index in [0.717, 1.165) is 17.5 Å². The average molecular weight is 485 g/mol. The zero-order valence-corrected chi connectivity index (χ0v) is 17.4. The van der Waals surface area contributed by atoms with Gasteiger partial charge in [0.15, 0.2) is 0 Å². The van der Waals surface area contributed by atoms with Crippen molar-refractivity contribution in [3.8, 4) is 0 Å². The van der Waals surface area contributed by atoms with E-state index in [0.29, 0.717) is 18.9 Å². The van der Waals surface area contributed by atoms with Crippen LogP contribution >= 0.6 is 27.5 Å². The summed E-state index contributed by atoms with van der Waals surface area (Å²) in [4.78, 5) is -0.336. The van der Waals surface area contributed by atoms with Gasteiger partial charge in [0.05, 0.1) is 10.5 Å². The number of hydrogen-bond donors (Lipinski definition) is 0. The van der Waals surface area contributed by atoms with E-state index in [-0.39, 0.29) is 34.3 Å². The summed E-state index contributed by atoms with van der Waals surface area (Å²) in [7, 11) is -3.97. The van der Waals surface area contributed by atoms with Crippen molar-refractivity contribution in [1.29, 1.82) is 0 Å². The fourth-order valence-electron chi connectivity index (χ4n) is 3.50. The molecule has 0 aromatic heterocycles. The number of rotatable bonds is 3. The molecule has 0 N–H and O–H groups in total. The van der Waals surface area contributed by atoms with Crippen LogP contribution in [0.1, 0.15) is 24.8 Å². The highest BCUT2D eigenvalue weighted by Crippen LogP contribution is 2.38. The summed E-state index contributed by atoms with van der Waals surface area (Å²) in [5, 5.41) is 0.784. The van der Waals surface area contributed by atoms with E-state index in [9.17, 15) is 21.6 Å². The summed E-state index contributed by atoms with van der Waals surface area (Å²) in [5.74, 6) is 0.457. The van der Waals surface area contributed by atoms with Crippen molar-refractivity contribution in [2.24, 2.45) is 11.8 Å². The maximum atomic E-state index is 13.1. The monoisotopic (exact) mass is 483 g/mol. The Morgan fingerprint density at radius 1 is 1.19 bits per heavy atom. The molecular formula is C18H18BrClF3NO2S. The average Bonchev–Trinajstić information content (AvgIpc) is 2.61. The van der Waals surface area contributed by atoms with Crippen molar-refractivity contribution >= 4 is 37.6 Å². The summed E-state index contributed by atoms with van der Waals surface area (Å²) >= 11 is 8.92. The normalized spacial score (nSPS) is 22.7. The van der Waals surface area contributed by atoms with E-state index in [1.165, 1.54) is 10.4 Å². The van der Waals surface area contributed by atoms with Crippen LogP contribution in [0.2, 0.25) is 0 Å². The Labute approximate surface area is 170 Å².